The Hall–Kier alpha value is -3.32. The summed E-state index contributed by atoms with van der Waals surface area (Å²) in [6.45, 7) is 4.88. The van der Waals surface area contributed by atoms with Crippen LogP contribution in [0.2, 0.25) is 0 Å². The van der Waals surface area contributed by atoms with Gasteiger partial charge in [0.2, 0.25) is 0 Å². The molecular formula is C24H26N2O4S. The minimum Gasteiger partial charge on any atom is -0.494 e. The molecule has 3 aromatic rings. The molecule has 0 aliphatic carbocycles. The van der Waals surface area contributed by atoms with Gasteiger partial charge in [0.25, 0.3) is 15.9 Å². The van der Waals surface area contributed by atoms with Crippen molar-refractivity contribution in [2.24, 2.45) is 0 Å². The molecule has 2 N–H and O–H groups in total. The molecule has 0 aromatic heterocycles. The Morgan fingerprint density at radius 2 is 1.71 bits per heavy atom. The SMILES string of the molecule is CCOc1ccc(S(=O)(=O)Nc2cccc(C(=O)NCCc3cccc(C)c3)c2)cc1. The molecule has 1 amide bonds. The van der Waals surface area contributed by atoms with Gasteiger partial charge < -0.3 is 10.1 Å². The first-order valence-corrected chi connectivity index (χ1v) is 11.5. The van der Waals surface area contributed by atoms with Crippen molar-refractivity contribution in [3.8, 4) is 5.75 Å². The average Bonchev–Trinajstić information content (AvgIpc) is 2.74. The molecule has 0 aliphatic rings. The monoisotopic (exact) mass is 438 g/mol. The molecule has 3 rings (SSSR count). The molecular weight excluding hydrogens is 412 g/mol. The highest BCUT2D eigenvalue weighted by molar-refractivity contribution is 7.92. The number of carbonyl (C=O) groups is 1. The minimum absolute atomic E-state index is 0.115. The number of aryl methyl sites for hydroxylation is 1. The van der Waals surface area contributed by atoms with Crippen molar-refractivity contribution in [2.45, 2.75) is 25.2 Å². The Morgan fingerprint density at radius 3 is 2.42 bits per heavy atom. The summed E-state index contributed by atoms with van der Waals surface area (Å²) in [6.07, 6.45) is 0.720. The first kappa shape index (κ1) is 22.4. The average molecular weight is 439 g/mol. The first-order chi connectivity index (χ1) is 14.9. The standard InChI is InChI=1S/C24H26N2O4S/c1-3-30-22-10-12-23(13-11-22)31(28,29)26-21-9-5-8-20(17-21)24(27)25-15-14-19-7-4-6-18(2)16-19/h4-13,16-17,26H,3,14-15H2,1-2H3,(H,25,27). The second-order valence-electron chi connectivity index (χ2n) is 7.09. The molecule has 162 valence electrons. The van der Waals surface area contributed by atoms with Crippen molar-refractivity contribution >= 4 is 21.6 Å². The summed E-state index contributed by atoms with van der Waals surface area (Å²) in [5.74, 6) is 0.348. The highest BCUT2D eigenvalue weighted by Gasteiger charge is 2.15. The fourth-order valence-corrected chi connectivity index (χ4v) is 4.16. The highest BCUT2D eigenvalue weighted by Crippen LogP contribution is 2.20. The number of amides is 1. The van der Waals surface area contributed by atoms with Gasteiger partial charge in [0.1, 0.15) is 5.75 Å². The van der Waals surface area contributed by atoms with Crippen LogP contribution in [0.4, 0.5) is 5.69 Å². The van der Waals surface area contributed by atoms with Crippen molar-refractivity contribution < 1.29 is 17.9 Å². The van der Waals surface area contributed by atoms with Crippen molar-refractivity contribution in [3.05, 3.63) is 89.5 Å². The number of benzene rings is 3. The van der Waals surface area contributed by atoms with Crippen LogP contribution in [0.15, 0.2) is 77.7 Å². The molecule has 0 unspecified atom stereocenters. The fourth-order valence-electron chi connectivity index (χ4n) is 3.11. The van der Waals surface area contributed by atoms with Gasteiger partial charge in [-0.15, -0.1) is 0 Å². The molecule has 0 atom stereocenters. The molecule has 0 heterocycles. The molecule has 0 saturated carbocycles. The van der Waals surface area contributed by atoms with E-state index in [9.17, 15) is 13.2 Å². The molecule has 0 bridgehead atoms. The normalized spacial score (nSPS) is 11.0. The lowest BCUT2D eigenvalue weighted by atomic mass is 10.1. The Kier molecular flexibility index (Phi) is 7.31. The van der Waals surface area contributed by atoms with Crippen LogP contribution in [0.25, 0.3) is 0 Å². The van der Waals surface area contributed by atoms with E-state index in [4.69, 9.17) is 4.74 Å². The third kappa shape index (κ3) is 6.33. The zero-order valence-corrected chi connectivity index (χ0v) is 18.4. The molecule has 0 aliphatic heterocycles. The zero-order valence-electron chi connectivity index (χ0n) is 17.6. The summed E-state index contributed by atoms with van der Waals surface area (Å²) in [6, 6.07) is 20.7. The summed E-state index contributed by atoms with van der Waals surface area (Å²) in [5, 5.41) is 2.88. The van der Waals surface area contributed by atoms with Crippen molar-refractivity contribution in [3.63, 3.8) is 0 Å². The van der Waals surface area contributed by atoms with E-state index in [1.807, 2.05) is 32.0 Å². The first-order valence-electron chi connectivity index (χ1n) is 10.1. The van der Waals surface area contributed by atoms with E-state index in [2.05, 4.69) is 16.1 Å². The lowest BCUT2D eigenvalue weighted by Crippen LogP contribution is -2.25. The predicted molar refractivity (Wildman–Crippen MR) is 122 cm³/mol. The van der Waals surface area contributed by atoms with E-state index in [1.165, 1.54) is 23.8 Å². The summed E-state index contributed by atoms with van der Waals surface area (Å²) in [5.41, 5.74) is 3.03. The number of anilines is 1. The van der Waals surface area contributed by atoms with Crippen molar-refractivity contribution in [2.75, 3.05) is 17.9 Å². The Labute approximate surface area is 183 Å². The topological polar surface area (TPSA) is 84.5 Å². The third-order valence-electron chi connectivity index (χ3n) is 4.60. The lowest BCUT2D eigenvalue weighted by molar-refractivity contribution is 0.0954. The quantitative estimate of drug-likeness (QED) is 0.525. The predicted octanol–water partition coefficient (Wildman–Crippen LogP) is 4.17. The highest BCUT2D eigenvalue weighted by atomic mass is 32.2. The van der Waals surface area contributed by atoms with Gasteiger partial charge in [0, 0.05) is 17.8 Å². The van der Waals surface area contributed by atoms with Crippen LogP contribution < -0.4 is 14.8 Å². The molecule has 0 spiro atoms. The third-order valence-corrected chi connectivity index (χ3v) is 6.00. The molecule has 6 nitrogen and oxygen atoms in total. The van der Waals surface area contributed by atoms with E-state index < -0.39 is 10.0 Å². The van der Waals surface area contributed by atoms with Crippen LogP contribution in [0.5, 0.6) is 5.75 Å². The summed E-state index contributed by atoms with van der Waals surface area (Å²) >= 11 is 0. The Morgan fingerprint density at radius 1 is 0.968 bits per heavy atom. The Bertz CT molecular complexity index is 1140. The fraction of sp³-hybridized carbons (Fsp3) is 0.208. The lowest BCUT2D eigenvalue weighted by Gasteiger charge is -2.11. The number of nitrogens with one attached hydrogen (secondary N) is 2. The molecule has 0 saturated heterocycles. The number of ether oxygens (including phenoxy) is 1. The van der Waals surface area contributed by atoms with E-state index >= 15 is 0 Å². The van der Waals surface area contributed by atoms with Gasteiger partial charge in [-0.05, 0) is 68.3 Å². The van der Waals surface area contributed by atoms with Gasteiger partial charge in [-0.3, -0.25) is 9.52 Å². The zero-order chi connectivity index (χ0) is 22.3. The largest absolute Gasteiger partial charge is 0.494 e. The maximum absolute atomic E-state index is 12.7. The van der Waals surface area contributed by atoms with Gasteiger partial charge in [-0.1, -0.05) is 35.9 Å². The van der Waals surface area contributed by atoms with Crippen molar-refractivity contribution in [1.29, 1.82) is 0 Å². The van der Waals surface area contributed by atoms with E-state index in [0.29, 0.717) is 30.2 Å². The number of hydrogen-bond acceptors (Lipinski definition) is 4. The number of carbonyl (C=O) groups excluding carboxylic acids is 1. The molecule has 3 aromatic carbocycles. The van der Waals surface area contributed by atoms with Crippen LogP contribution in [0.3, 0.4) is 0 Å². The van der Waals surface area contributed by atoms with E-state index in [-0.39, 0.29) is 10.8 Å². The molecule has 0 fully saturated rings. The second-order valence-corrected chi connectivity index (χ2v) is 8.77. The summed E-state index contributed by atoms with van der Waals surface area (Å²) in [7, 11) is -3.78. The maximum Gasteiger partial charge on any atom is 0.261 e. The van der Waals surface area contributed by atoms with Crippen molar-refractivity contribution in [1.82, 2.24) is 5.32 Å². The van der Waals surface area contributed by atoms with E-state index in [0.717, 1.165) is 12.0 Å². The molecule has 0 radical (unpaired) electrons. The summed E-state index contributed by atoms with van der Waals surface area (Å²) in [4.78, 5) is 12.6. The number of rotatable bonds is 9. The summed E-state index contributed by atoms with van der Waals surface area (Å²) < 4.78 is 33.2. The van der Waals surface area contributed by atoms with Crippen LogP contribution in [0.1, 0.15) is 28.4 Å². The van der Waals surface area contributed by atoms with Crippen LogP contribution >= 0.6 is 0 Å². The van der Waals surface area contributed by atoms with Crippen LogP contribution in [-0.4, -0.2) is 27.5 Å². The van der Waals surface area contributed by atoms with Gasteiger partial charge in [0.05, 0.1) is 11.5 Å². The Balaban J connectivity index is 1.62. The number of hydrogen-bond donors (Lipinski definition) is 2. The maximum atomic E-state index is 12.7. The van der Waals surface area contributed by atoms with Crippen LogP contribution in [0, 0.1) is 6.92 Å². The minimum atomic E-state index is -3.78. The van der Waals surface area contributed by atoms with Gasteiger partial charge in [-0.2, -0.15) is 0 Å². The number of sulfonamides is 1. The van der Waals surface area contributed by atoms with Gasteiger partial charge >= 0.3 is 0 Å². The van der Waals surface area contributed by atoms with Gasteiger partial charge in [0.15, 0.2) is 0 Å². The smallest absolute Gasteiger partial charge is 0.261 e. The molecule has 7 heteroatoms. The van der Waals surface area contributed by atoms with E-state index in [1.54, 1.807) is 30.3 Å². The van der Waals surface area contributed by atoms with Crippen LogP contribution in [-0.2, 0) is 16.4 Å². The molecule has 31 heavy (non-hydrogen) atoms. The van der Waals surface area contributed by atoms with Gasteiger partial charge in [-0.25, -0.2) is 8.42 Å². The second kappa shape index (κ2) is 10.1.